The van der Waals surface area contributed by atoms with Gasteiger partial charge in [0, 0.05) is 23.5 Å². The van der Waals surface area contributed by atoms with Crippen molar-refractivity contribution in [3.8, 4) is 5.75 Å². The molecule has 0 saturated heterocycles. The second-order valence-corrected chi connectivity index (χ2v) is 4.03. The fraction of sp³-hybridized carbons (Fsp3) is 0.143. The molecule has 5 heteroatoms. The molecule has 0 amide bonds. The second-order valence-electron chi connectivity index (χ2n) is 4.03. The highest BCUT2D eigenvalue weighted by molar-refractivity contribution is 5.87. The van der Waals surface area contributed by atoms with Crippen LogP contribution in [0.15, 0.2) is 35.5 Å². The zero-order valence-electron chi connectivity index (χ0n) is 10.3. The maximum Gasteiger partial charge on any atom is 0.145 e. The molecular weight excluding hydrogens is 247 g/mol. The fourth-order valence-corrected chi connectivity index (χ4v) is 1.62. The molecule has 0 aliphatic carbocycles. The molecule has 0 aliphatic rings. The molecule has 0 bridgehead atoms. The Bertz CT molecular complexity index is 627. The monoisotopic (exact) mass is 260 g/mol. The number of hydrogen-bond acceptors (Lipinski definition) is 4. The zero-order valence-corrected chi connectivity index (χ0v) is 10.3. The van der Waals surface area contributed by atoms with Gasteiger partial charge in [-0.1, -0.05) is 6.07 Å². The van der Waals surface area contributed by atoms with Crippen LogP contribution in [0.4, 0.5) is 10.1 Å². The van der Waals surface area contributed by atoms with Crippen molar-refractivity contribution in [3.63, 3.8) is 0 Å². The minimum Gasteiger partial charge on any atom is -0.505 e. The first kappa shape index (κ1) is 13.2. The van der Waals surface area contributed by atoms with Gasteiger partial charge in [0.2, 0.25) is 0 Å². The van der Waals surface area contributed by atoms with E-state index in [0.29, 0.717) is 22.5 Å². The van der Waals surface area contributed by atoms with Crippen molar-refractivity contribution in [3.05, 3.63) is 53.1 Å². The summed E-state index contributed by atoms with van der Waals surface area (Å²) in [5, 5.41) is 19.1. The molecule has 0 saturated carbocycles. The number of nitrogens with zero attached hydrogens (tertiary/aromatic N) is 2. The summed E-state index contributed by atoms with van der Waals surface area (Å²) < 4.78 is 13.0. The van der Waals surface area contributed by atoms with Crippen molar-refractivity contribution in [1.82, 2.24) is 4.98 Å². The number of aliphatic hydroxyl groups excluding tert-OH is 1. The van der Waals surface area contributed by atoms with Crippen LogP contribution in [0.5, 0.6) is 5.75 Å². The highest BCUT2D eigenvalue weighted by atomic mass is 19.1. The van der Waals surface area contributed by atoms with Crippen molar-refractivity contribution in [2.75, 3.05) is 0 Å². The van der Waals surface area contributed by atoms with Crippen molar-refractivity contribution in [2.24, 2.45) is 4.99 Å². The summed E-state index contributed by atoms with van der Waals surface area (Å²) in [5.74, 6) is -0.418. The summed E-state index contributed by atoms with van der Waals surface area (Å²) in [6.45, 7) is 1.39. The molecule has 0 spiro atoms. The zero-order chi connectivity index (χ0) is 13.8. The number of aliphatic hydroxyl groups is 1. The molecule has 2 aromatic rings. The lowest BCUT2D eigenvalue weighted by Gasteiger charge is -2.06. The molecule has 4 nitrogen and oxygen atoms in total. The summed E-state index contributed by atoms with van der Waals surface area (Å²) in [6, 6.07) is 5.79. The third kappa shape index (κ3) is 2.95. The molecule has 0 radical (unpaired) electrons. The predicted octanol–water partition coefficient (Wildman–Crippen LogP) is 2.48. The molecule has 0 atom stereocenters. The van der Waals surface area contributed by atoms with Gasteiger partial charge in [-0.2, -0.15) is 0 Å². The Balaban J connectivity index is 2.40. The highest BCUT2D eigenvalue weighted by Crippen LogP contribution is 2.23. The Morgan fingerprint density at radius 1 is 1.42 bits per heavy atom. The Kier molecular flexibility index (Phi) is 3.87. The maximum absolute atomic E-state index is 13.0. The van der Waals surface area contributed by atoms with Crippen LogP contribution in [0, 0.1) is 12.7 Å². The topological polar surface area (TPSA) is 65.7 Å². The first-order chi connectivity index (χ1) is 9.11. The third-order valence-corrected chi connectivity index (χ3v) is 2.68. The van der Waals surface area contributed by atoms with Crippen LogP contribution in [-0.4, -0.2) is 21.4 Å². The van der Waals surface area contributed by atoms with E-state index in [4.69, 9.17) is 0 Å². The molecule has 1 aromatic heterocycles. The largest absolute Gasteiger partial charge is 0.505 e. The summed E-state index contributed by atoms with van der Waals surface area (Å²) in [4.78, 5) is 8.03. The molecule has 1 heterocycles. The lowest BCUT2D eigenvalue weighted by atomic mass is 10.1. The van der Waals surface area contributed by atoms with E-state index < -0.39 is 0 Å². The normalized spacial score (nSPS) is 11.1. The van der Waals surface area contributed by atoms with Crippen LogP contribution in [-0.2, 0) is 6.61 Å². The number of hydrogen-bond donors (Lipinski definition) is 2. The minimum absolute atomic E-state index is 0.0355. The van der Waals surface area contributed by atoms with E-state index >= 15 is 0 Å². The lowest BCUT2D eigenvalue weighted by Crippen LogP contribution is -1.97. The van der Waals surface area contributed by atoms with E-state index in [1.807, 2.05) is 0 Å². The Hall–Kier alpha value is -2.27. The van der Waals surface area contributed by atoms with Gasteiger partial charge in [0.25, 0.3) is 0 Å². The smallest absolute Gasteiger partial charge is 0.145 e. The summed E-state index contributed by atoms with van der Waals surface area (Å²) >= 11 is 0. The first-order valence-corrected chi connectivity index (χ1v) is 5.69. The van der Waals surface area contributed by atoms with Crippen molar-refractivity contribution in [2.45, 2.75) is 13.5 Å². The standard InChI is InChI=1S/C14H13FN2O2/c1-9-14(19)13(10(8-18)6-16-9)7-17-12-4-2-3-11(15)5-12/h2-7,18-19H,8H2,1H3. The number of aromatic hydroxyl groups is 1. The van der Waals surface area contributed by atoms with Gasteiger partial charge in [-0.05, 0) is 25.1 Å². The SMILES string of the molecule is Cc1ncc(CO)c(C=Nc2cccc(F)c2)c1O. The first-order valence-electron chi connectivity index (χ1n) is 5.69. The number of benzene rings is 1. The predicted molar refractivity (Wildman–Crippen MR) is 70.2 cm³/mol. The Morgan fingerprint density at radius 3 is 2.89 bits per heavy atom. The van der Waals surface area contributed by atoms with Gasteiger partial charge in [0.05, 0.1) is 18.0 Å². The maximum atomic E-state index is 13.0. The van der Waals surface area contributed by atoms with Crippen LogP contribution in [0.3, 0.4) is 0 Å². The average molecular weight is 260 g/mol. The molecule has 19 heavy (non-hydrogen) atoms. The molecule has 98 valence electrons. The van der Waals surface area contributed by atoms with E-state index in [1.165, 1.54) is 24.5 Å². The lowest BCUT2D eigenvalue weighted by molar-refractivity contribution is 0.280. The van der Waals surface area contributed by atoms with Gasteiger partial charge in [-0.3, -0.25) is 9.98 Å². The molecule has 2 N–H and O–H groups in total. The number of aliphatic imine (C=N–C) groups is 1. The van der Waals surface area contributed by atoms with Gasteiger partial charge < -0.3 is 10.2 Å². The number of aryl methyl sites for hydroxylation is 1. The van der Waals surface area contributed by atoms with Gasteiger partial charge >= 0.3 is 0 Å². The molecule has 1 aromatic carbocycles. The molecule has 0 aliphatic heterocycles. The van der Waals surface area contributed by atoms with E-state index in [9.17, 15) is 14.6 Å². The van der Waals surface area contributed by atoms with Crippen LogP contribution >= 0.6 is 0 Å². The minimum atomic E-state index is -0.382. The van der Waals surface area contributed by atoms with E-state index in [0.717, 1.165) is 0 Å². The van der Waals surface area contributed by atoms with Crippen molar-refractivity contribution in [1.29, 1.82) is 0 Å². The van der Waals surface area contributed by atoms with Crippen LogP contribution in [0.2, 0.25) is 0 Å². The molecule has 2 rings (SSSR count). The second kappa shape index (κ2) is 5.58. The van der Waals surface area contributed by atoms with E-state index in [1.54, 1.807) is 19.1 Å². The van der Waals surface area contributed by atoms with Crippen molar-refractivity contribution < 1.29 is 14.6 Å². The number of rotatable bonds is 3. The molecule has 0 unspecified atom stereocenters. The van der Waals surface area contributed by atoms with Gasteiger partial charge in [0.15, 0.2) is 0 Å². The van der Waals surface area contributed by atoms with Crippen molar-refractivity contribution >= 4 is 11.9 Å². The van der Waals surface area contributed by atoms with E-state index in [2.05, 4.69) is 9.98 Å². The Morgan fingerprint density at radius 2 is 2.21 bits per heavy atom. The Labute approximate surface area is 109 Å². The summed E-state index contributed by atoms with van der Waals surface area (Å²) in [7, 11) is 0. The average Bonchev–Trinajstić information content (AvgIpc) is 2.40. The number of halogens is 1. The third-order valence-electron chi connectivity index (χ3n) is 2.68. The van der Waals surface area contributed by atoms with Crippen LogP contribution in [0.1, 0.15) is 16.8 Å². The van der Waals surface area contributed by atoms with Crippen LogP contribution in [0.25, 0.3) is 0 Å². The van der Waals surface area contributed by atoms with Gasteiger partial charge in [-0.15, -0.1) is 0 Å². The quantitative estimate of drug-likeness (QED) is 0.833. The van der Waals surface area contributed by atoms with Crippen LogP contribution < -0.4 is 0 Å². The molecular formula is C14H13FN2O2. The number of aromatic nitrogens is 1. The summed E-state index contributed by atoms with van der Waals surface area (Å²) in [6.07, 6.45) is 2.87. The fourth-order valence-electron chi connectivity index (χ4n) is 1.62. The molecule has 0 fully saturated rings. The van der Waals surface area contributed by atoms with E-state index in [-0.39, 0.29) is 18.2 Å². The van der Waals surface area contributed by atoms with Gasteiger partial charge in [-0.25, -0.2) is 4.39 Å². The number of pyridine rings is 1. The summed E-state index contributed by atoms with van der Waals surface area (Å²) in [5.41, 5.74) is 1.72. The van der Waals surface area contributed by atoms with Gasteiger partial charge in [0.1, 0.15) is 11.6 Å². The highest BCUT2D eigenvalue weighted by Gasteiger charge is 2.09.